The molecule has 0 bridgehead atoms. The Morgan fingerprint density at radius 1 is 0.923 bits per heavy atom. The molecule has 0 radical (unpaired) electrons. The number of benzene rings is 2. The Morgan fingerprint density at radius 2 is 1.62 bits per heavy atom. The minimum absolute atomic E-state index is 0.0512. The Hall–Kier alpha value is -3.74. The third-order valence-corrected chi connectivity index (χ3v) is 4.14. The number of carbonyl (C=O) groups excluding carboxylic acids is 2. The molecule has 1 aromatic heterocycles. The van der Waals surface area contributed by atoms with Gasteiger partial charge in [0, 0.05) is 5.56 Å². The second kappa shape index (κ2) is 5.96. The van der Waals surface area contributed by atoms with Gasteiger partial charge >= 0.3 is 5.69 Å². The van der Waals surface area contributed by atoms with E-state index < -0.39 is 17.5 Å². The fourth-order valence-electron chi connectivity index (χ4n) is 2.93. The number of hydrogen-bond acceptors (Lipinski definition) is 5. The van der Waals surface area contributed by atoms with Crippen LogP contribution in [0.1, 0.15) is 20.8 Å². The number of aromatic amines is 1. The highest BCUT2D eigenvalue weighted by atomic mass is 16.5. The first-order valence-corrected chi connectivity index (χ1v) is 7.82. The van der Waals surface area contributed by atoms with E-state index in [0.29, 0.717) is 17.0 Å². The maximum atomic E-state index is 13.0. The number of nitrogens with zero attached hydrogens (tertiary/aromatic N) is 2. The van der Waals surface area contributed by atoms with Gasteiger partial charge in [-0.25, -0.2) is 9.69 Å². The number of aromatic nitrogens is 2. The number of rotatable bonds is 3. The zero-order valence-electron chi connectivity index (χ0n) is 13.7. The molecular formula is C19H13N3O4. The lowest BCUT2D eigenvalue weighted by Gasteiger charge is -2.14. The summed E-state index contributed by atoms with van der Waals surface area (Å²) in [5.41, 5.74) is 0.532. The summed E-state index contributed by atoms with van der Waals surface area (Å²) in [5.74, 6) is -0.518. The highest BCUT2D eigenvalue weighted by molar-refractivity contribution is 6.35. The average molecular weight is 347 g/mol. The van der Waals surface area contributed by atoms with Gasteiger partial charge in [-0.1, -0.05) is 30.3 Å². The number of amides is 2. The second-order valence-corrected chi connectivity index (χ2v) is 5.65. The Labute approximate surface area is 147 Å². The SMILES string of the molecule is COc1ccc(N2C(=O)c3[nH]c(=O)nc(-c4ccccc4)c3C2=O)cc1. The number of anilines is 1. The van der Waals surface area contributed by atoms with Crippen LogP contribution in [0.5, 0.6) is 5.75 Å². The highest BCUT2D eigenvalue weighted by Crippen LogP contribution is 2.32. The van der Waals surface area contributed by atoms with Gasteiger partial charge in [-0.05, 0) is 24.3 Å². The first-order chi connectivity index (χ1) is 12.6. The lowest BCUT2D eigenvalue weighted by molar-refractivity contribution is 0.0925. The molecule has 1 aliphatic rings. The van der Waals surface area contributed by atoms with E-state index in [0.717, 1.165) is 4.90 Å². The molecular weight excluding hydrogens is 334 g/mol. The van der Waals surface area contributed by atoms with E-state index >= 15 is 0 Å². The van der Waals surface area contributed by atoms with Crippen LogP contribution in [0.3, 0.4) is 0 Å². The van der Waals surface area contributed by atoms with Gasteiger partial charge < -0.3 is 9.72 Å². The Bertz CT molecular complexity index is 1070. The van der Waals surface area contributed by atoms with Crippen molar-refractivity contribution in [2.45, 2.75) is 0 Å². The molecule has 2 amide bonds. The van der Waals surface area contributed by atoms with E-state index in [1.54, 1.807) is 48.5 Å². The first kappa shape index (κ1) is 15.8. The number of imide groups is 1. The minimum atomic E-state index is -0.680. The maximum Gasteiger partial charge on any atom is 0.346 e. The van der Waals surface area contributed by atoms with Gasteiger partial charge in [0.25, 0.3) is 11.8 Å². The molecule has 4 rings (SSSR count). The average Bonchev–Trinajstić information content (AvgIpc) is 2.92. The molecule has 7 heteroatoms. The van der Waals surface area contributed by atoms with Crippen LogP contribution in [0.25, 0.3) is 11.3 Å². The van der Waals surface area contributed by atoms with Gasteiger partial charge in [0.1, 0.15) is 11.4 Å². The highest BCUT2D eigenvalue weighted by Gasteiger charge is 2.40. The van der Waals surface area contributed by atoms with Gasteiger partial charge in [-0.2, -0.15) is 4.98 Å². The smallest absolute Gasteiger partial charge is 0.346 e. The van der Waals surface area contributed by atoms with Crippen molar-refractivity contribution in [3.63, 3.8) is 0 Å². The van der Waals surface area contributed by atoms with Crippen LogP contribution in [0, 0.1) is 0 Å². The van der Waals surface area contributed by atoms with Crippen LogP contribution in [-0.2, 0) is 0 Å². The van der Waals surface area contributed by atoms with Crippen LogP contribution in [0.4, 0.5) is 5.69 Å². The van der Waals surface area contributed by atoms with E-state index in [4.69, 9.17) is 4.74 Å². The number of carbonyl (C=O) groups is 2. The van der Waals surface area contributed by atoms with Crippen molar-refractivity contribution in [2.75, 3.05) is 12.0 Å². The molecule has 0 aliphatic carbocycles. The Balaban J connectivity index is 1.87. The van der Waals surface area contributed by atoms with E-state index in [9.17, 15) is 14.4 Å². The van der Waals surface area contributed by atoms with Crippen molar-refractivity contribution < 1.29 is 14.3 Å². The summed E-state index contributed by atoms with van der Waals surface area (Å²) in [5, 5.41) is 0. The molecule has 128 valence electrons. The van der Waals surface area contributed by atoms with Gasteiger partial charge in [0.05, 0.1) is 24.1 Å². The zero-order chi connectivity index (χ0) is 18.3. The molecule has 26 heavy (non-hydrogen) atoms. The summed E-state index contributed by atoms with van der Waals surface area (Å²) in [6.07, 6.45) is 0. The molecule has 0 atom stereocenters. The molecule has 0 fully saturated rings. The summed E-state index contributed by atoms with van der Waals surface area (Å²) < 4.78 is 5.09. The van der Waals surface area contributed by atoms with Crippen LogP contribution in [0.15, 0.2) is 59.4 Å². The minimum Gasteiger partial charge on any atom is -0.497 e. The summed E-state index contributed by atoms with van der Waals surface area (Å²) in [6.45, 7) is 0. The van der Waals surface area contributed by atoms with Gasteiger partial charge in [-0.3, -0.25) is 9.59 Å². The van der Waals surface area contributed by atoms with Crippen molar-refractivity contribution in [1.82, 2.24) is 9.97 Å². The fourth-order valence-corrected chi connectivity index (χ4v) is 2.93. The Kier molecular flexibility index (Phi) is 3.62. The van der Waals surface area contributed by atoms with Crippen molar-refractivity contribution in [3.05, 3.63) is 76.3 Å². The molecule has 2 heterocycles. The Morgan fingerprint density at radius 3 is 2.27 bits per heavy atom. The molecule has 1 N–H and O–H groups in total. The predicted molar refractivity (Wildman–Crippen MR) is 94.4 cm³/mol. The van der Waals surface area contributed by atoms with E-state index in [1.807, 2.05) is 6.07 Å². The quantitative estimate of drug-likeness (QED) is 0.734. The van der Waals surface area contributed by atoms with Crippen molar-refractivity contribution in [1.29, 1.82) is 0 Å². The number of nitrogens with one attached hydrogen (secondary N) is 1. The molecule has 3 aromatic rings. The van der Waals surface area contributed by atoms with E-state index in [2.05, 4.69) is 9.97 Å². The summed E-state index contributed by atoms with van der Waals surface area (Å²) in [6, 6.07) is 15.3. The van der Waals surface area contributed by atoms with Gasteiger partial charge in [0.15, 0.2) is 0 Å². The number of methoxy groups -OCH3 is 1. The summed E-state index contributed by atoms with van der Waals surface area (Å²) in [4.78, 5) is 45.0. The fraction of sp³-hybridized carbons (Fsp3) is 0.0526. The zero-order valence-corrected chi connectivity index (χ0v) is 13.7. The molecule has 1 aliphatic heterocycles. The van der Waals surface area contributed by atoms with Crippen LogP contribution >= 0.6 is 0 Å². The number of H-pyrrole nitrogens is 1. The monoisotopic (exact) mass is 347 g/mol. The van der Waals surface area contributed by atoms with Crippen LogP contribution in [-0.4, -0.2) is 28.9 Å². The first-order valence-electron chi connectivity index (χ1n) is 7.82. The second-order valence-electron chi connectivity index (χ2n) is 5.65. The molecule has 7 nitrogen and oxygen atoms in total. The normalized spacial score (nSPS) is 13.0. The molecule has 0 saturated carbocycles. The third-order valence-electron chi connectivity index (χ3n) is 4.14. The largest absolute Gasteiger partial charge is 0.497 e. The number of fused-ring (bicyclic) bond motifs is 1. The number of ether oxygens (including phenoxy) is 1. The van der Waals surface area contributed by atoms with Crippen molar-refractivity contribution in [2.24, 2.45) is 0 Å². The molecule has 0 unspecified atom stereocenters. The molecule has 0 saturated heterocycles. The molecule has 2 aromatic carbocycles. The lowest BCUT2D eigenvalue weighted by atomic mass is 10.1. The van der Waals surface area contributed by atoms with Gasteiger partial charge in [-0.15, -0.1) is 0 Å². The van der Waals surface area contributed by atoms with E-state index in [-0.39, 0.29) is 17.0 Å². The topological polar surface area (TPSA) is 92.4 Å². The van der Waals surface area contributed by atoms with Crippen LogP contribution < -0.4 is 15.3 Å². The predicted octanol–water partition coefficient (Wildman–Crippen LogP) is 2.25. The molecule has 0 spiro atoms. The third kappa shape index (κ3) is 2.37. The summed E-state index contributed by atoms with van der Waals surface area (Å²) in [7, 11) is 1.53. The van der Waals surface area contributed by atoms with E-state index in [1.165, 1.54) is 7.11 Å². The summed E-state index contributed by atoms with van der Waals surface area (Å²) >= 11 is 0. The standard InChI is InChI=1S/C19H13N3O4/c1-26-13-9-7-12(8-10-13)22-17(23)14-15(11-5-3-2-4-6-11)20-19(25)21-16(14)18(22)24/h2-10H,1H3,(H,20,21,25). The van der Waals surface area contributed by atoms with Crippen molar-refractivity contribution >= 4 is 17.5 Å². The van der Waals surface area contributed by atoms with Crippen LogP contribution in [0.2, 0.25) is 0 Å². The van der Waals surface area contributed by atoms with Gasteiger partial charge in [0.2, 0.25) is 0 Å². The maximum absolute atomic E-state index is 13.0. The lowest BCUT2D eigenvalue weighted by Crippen LogP contribution is -2.29. The van der Waals surface area contributed by atoms with Crippen molar-refractivity contribution in [3.8, 4) is 17.0 Å². The number of hydrogen-bond donors (Lipinski definition) is 1.